The van der Waals surface area contributed by atoms with Crippen LogP contribution < -0.4 is 4.87 Å². The summed E-state index contributed by atoms with van der Waals surface area (Å²) in [6, 6.07) is 7.65. The summed E-state index contributed by atoms with van der Waals surface area (Å²) in [5, 5.41) is 0. The van der Waals surface area contributed by atoms with Gasteiger partial charge in [-0.15, -0.1) is 0 Å². The lowest BCUT2D eigenvalue weighted by molar-refractivity contribution is -0.116. The summed E-state index contributed by atoms with van der Waals surface area (Å²) >= 11 is 1.52. The van der Waals surface area contributed by atoms with E-state index in [4.69, 9.17) is 4.42 Å². The zero-order valence-electron chi connectivity index (χ0n) is 10.7. The summed E-state index contributed by atoms with van der Waals surface area (Å²) in [4.78, 5) is 17.4. The molecule has 94 valence electrons. The van der Waals surface area contributed by atoms with E-state index in [2.05, 4.69) is 4.99 Å². The van der Waals surface area contributed by atoms with Crippen LogP contribution in [0.5, 0.6) is 0 Å². The van der Waals surface area contributed by atoms with Gasteiger partial charge in [0, 0.05) is 11.3 Å². The molecule has 0 aliphatic rings. The molecule has 3 nitrogen and oxygen atoms in total. The van der Waals surface area contributed by atoms with Crippen molar-refractivity contribution in [3.8, 4) is 0 Å². The molecule has 1 heterocycles. The average Bonchev–Trinajstić information content (AvgIpc) is 2.60. The van der Waals surface area contributed by atoms with E-state index >= 15 is 0 Å². The molecule has 0 unspecified atom stereocenters. The fraction of sp³-hybridized carbons (Fsp3) is 0.286. The van der Waals surface area contributed by atoms with Crippen LogP contribution in [-0.2, 0) is 11.2 Å². The van der Waals surface area contributed by atoms with Gasteiger partial charge in [0.1, 0.15) is 11.5 Å². The summed E-state index contributed by atoms with van der Waals surface area (Å²) in [6.07, 6.45) is 0.406. The molecule has 0 aliphatic heterocycles. The predicted octanol–water partition coefficient (Wildman–Crippen LogP) is 3.32. The molecule has 2 aromatic rings. The Kier molecular flexibility index (Phi) is 3.77. The molecule has 0 atom stereocenters. The normalized spacial score (nSPS) is 11.8. The third kappa shape index (κ3) is 2.96. The van der Waals surface area contributed by atoms with E-state index in [1.807, 2.05) is 38.1 Å². The molecule has 4 heteroatoms. The fourth-order valence-corrected chi connectivity index (χ4v) is 2.37. The Morgan fingerprint density at radius 3 is 2.67 bits per heavy atom. The van der Waals surface area contributed by atoms with Crippen molar-refractivity contribution in [3.05, 3.63) is 45.3 Å². The van der Waals surface area contributed by atoms with Crippen molar-refractivity contribution in [1.82, 2.24) is 0 Å². The smallest absolute Gasteiger partial charge is 0.279 e. The van der Waals surface area contributed by atoms with Crippen LogP contribution in [0.15, 0.2) is 33.7 Å². The van der Waals surface area contributed by atoms with Gasteiger partial charge in [-0.25, -0.2) is 4.99 Å². The van der Waals surface area contributed by atoms with Crippen LogP contribution in [0.3, 0.4) is 0 Å². The standard InChI is InChI=1S/C14H15NO2S/c1-9(16)8-12-6-4-5-7-13(12)15-14-17-10(2)11(3)18-14/h4-7H,8H2,1-3H3. The second kappa shape index (κ2) is 5.31. The summed E-state index contributed by atoms with van der Waals surface area (Å²) < 4.78 is 5.55. The minimum atomic E-state index is 0.133. The molecule has 0 saturated carbocycles. The van der Waals surface area contributed by atoms with Gasteiger partial charge in [0.25, 0.3) is 4.87 Å². The third-order valence-corrected chi connectivity index (χ3v) is 3.56. The van der Waals surface area contributed by atoms with E-state index in [9.17, 15) is 4.79 Å². The van der Waals surface area contributed by atoms with Gasteiger partial charge >= 0.3 is 0 Å². The topological polar surface area (TPSA) is 42.6 Å². The molecule has 0 bridgehead atoms. The number of nitrogens with zero attached hydrogens (tertiary/aromatic N) is 1. The predicted molar refractivity (Wildman–Crippen MR) is 72.1 cm³/mol. The van der Waals surface area contributed by atoms with Gasteiger partial charge in [-0.3, -0.25) is 4.79 Å². The summed E-state index contributed by atoms with van der Waals surface area (Å²) in [7, 11) is 0. The third-order valence-electron chi connectivity index (χ3n) is 2.62. The number of Topliss-reactive ketones (excluding diaryl/α,β-unsaturated/α-hetero) is 1. The number of benzene rings is 1. The molecule has 0 radical (unpaired) electrons. The number of aryl methyl sites for hydroxylation is 2. The molecule has 1 aromatic heterocycles. The molecule has 0 saturated heterocycles. The quantitative estimate of drug-likeness (QED) is 0.850. The molecule has 1 aromatic carbocycles. The van der Waals surface area contributed by atoms with Gasteiger partial charge in [0.05, 0.1) is 5.69 Å². The van der Waals surface area contributed by atoms with Crippen LogP contribution in [0.25, 0.3) is 0 Å². The van der Waals surface area contributed by atoms with E-state index < -0.39 is 0 Å². The SMILES string of the molecule is CC(=O)Cc1ccccc1N=c1oc(C)c(C)s1. The summed E-state index contributed by atoms with van der Waals surface area (Å²) in [5.41, 5.74) is 1.74. The van der Waals surface area contributed by atoms with Gasteiger partial charge in [-0.1, -0.05) is 29.5 Å². The van der Waals surface area contributed by atoms with Crippen LogP contribution in [0.4, 0.5) is 5.69 Å². The van der Waals surface area contributed by atoms with Gasteiger partial charge in [-0.05, 0) is 32.4 Å². The Bertz CT molecular complexity index is 615. The zero-order valence-corrected chi connectivity index (χ0v) is 11.5. The largest absolute Gasteiger partial charge is 0.435 e. The number of carbonyl (C=O) groups excluding carboxylic acids is 1. The van der Waals surface area contributed by atoms with Crippen LogP contribution in [-0.4, -0.2) is 5.78 Å². The van der Waals surface area contributed by atoms with Gasteiger partial charge < -0.3 is 4.42 Å². The van der Waals surface area contributed by atoms with Crippen molar-refractivity contribution in [2.75, 3.05) is 0 Å². The molecule has 18 heavy (non-hydrogen) atoms. The second-order valence-electron chi connectivity index (χ2n) is 4.20. The van der Waals surface area contributed by atoms with Crippen molar-refractivity contribution in [3.63, 3.8) is 0 Å². The molecular weight excluding hydrogens is 246 g/mol. The number of carbonyl (C=O) groups is 1. The first-order chi connectivity index (χ1) is 8.56. The summed E-state index contributed by atoms with van der Waals surface area (Å²) in [6.45, 7) is 5.51. The minimum Gasteiger partial charge on any atom is -0.435 e. The monoisotopic (exact) mass is 261 g/mol. The first-order valence-electron chi connectivity index (χ1n) is 5.75. The zero-order chi connectivity index (χ0) is 13.1. The van der Waals surface area contributed by atoms with E-state index in [1.54, 1.807) is 6.92 Å². The van der Waals surface area contributed by atoms with Gasteiger partial charge in [0.2, 0.25) is 0 Å². The van der Waals surface area contributed by atoms with Crippen molar-refractivity contribution in [1.29, 1.82) is 0 Å². The van der Waals surface area contributed by atoms with Crippen molar-refractivity contribution in [2.24, 2.45) is 4.99 Å². The lowest BCUT2D eigenvalue weighted by Crippen LogP contribution is -1.98. The lowest BCUT2D eigenvalue weighted by atomic mass is 10.1. The van der Waals surface area contributed by atoms with E-state index in [1.165, 1.54) is 11.3 Å². The molecule has 0 amide bonds. The van der Waals surface area contributed by atoms with Gasteiger partial charge in [-0.2, -0.15) is 0 Å². The molecule has 0 fully saturated rings. The lowest BCUT2D eigenvalue weighted by Gasteiger charge is -2.01. The molecule has 0 spiro atoms. The fourth-order valence-electron chi connectivity index (χ4n) is 1.61. The van der Waals surface area contributed by atoms with E-state index in [0.29, 0.717) is 11.3 Å². The molecular formula is C14H15NO2S. The maximum atomic E-state index is 11.2. The first-order valence-corrected chi connectivity index (χ1v) is 6.57. The second-order valence-corrected chi connectivity index (χ2v) is 5.37. The van der Waals surface area contributed by atoms with Crippen LogP contribution in [0.1, 0.15) is 23.1 Å². The van der Waals surface area contributed by atoms with Gasteiger partial charge in [0.15, 0.2) is 0 Å². The number of hydrogen-bond donors (Lipinski definition) is 0. The average molecular weight is 261 g/mol. The minimum absolute atomic E-state index is 0.133. The van der Waals surface area contributed by atoms with Crippen LogP contribution in [0, 0.1) is 13.8 Å². The maximum absolute atomic E-state index is 11.2. The Hall–Kier alpha value is -1.68. The molecule has 2 rings (SSSR count). The van der Waals surface area contributed by atoms with Crippen LogP contribution in [0.2, 0.25) is 0 Å². The number of rotatable bonds is 3. The highest BCUT2D eigenvalue weighted by Gasteiger charge is 2.05. The van der Waals surface area contributed by atoms with Crippen LogP contribution >= 0.6 is 11.3 Å². The Morgan fingerprint density at radius 1 is 1.33 bits per heavy atom. The Balaban J connectivity index is 2.45. The van der Waals surface area contributed by atoms with Crippen molar-refractivity contribution >= 4 is 22.8 Å². The van der Waals surface area contributed by atoms with E-state index in [0.717, 1.165) is 21.9 Å². The first kappa shape index (κ1) is 12.8. The van der Waals surface area contributed by atoms with Crippen molar-refractivity contribution < 1.29 is 9.21 Å². The number of para-hydroxylation sites is 1. The van der Waals surface area contributed by atoms with Crippen molar-refractivity contribution in [2.45, 2.75) is 27.2 Å². The molecule has 0 aliphatic carbocycles. The Labute approximate surface area is 110 Å². The van der Waals surface area contributed by atoms with E-state index in [-0.39, 0.29) is 5.78 Å². The Morgan fingerprint density at radius 2 is 2.06 bits per heavy atom. The molecule has 0 N–H and O–H groups in total. The number of ketones is 1. The highest BCUT2D eigenvalue weighted by Crippen LogP contribution is 2.19. The maximum Gasteiger partial charge on any atom is 0.279 e. The highest BCUT2D eigenvalue weighted by atomic mass is 32.1. The number of hydrogen-bond acceptors (Lipinski definition) is 4. The summed E-state index contributed by atoms with van der Waals surface area (Å²) in [5.74, 6) is 1.02. The highest BCUT2D eigenvalue weighted by molar-refractivity contribution is 7.09.